The molecule has 3 amide bonds. The maximum atomic E-state index is 14.2. The lowest BCUT2D eigenvalue weighted by Crippen LogP contribution is -2.29. The van der Waals surface area contributed by atoms with Gasteiger partial charge in [-0.15, -0.1) is 0 Å². The first kappa shape index (κ1) is 15.2. The Morgan fingerprint density at radius 3 is 2.17 bits per heavy atom. The van der Waals surface area contributed by atoms with E-state index in [4.69, 9.17) is 11.6 Å². The van der Waals surface area contributed by atoms with Crippen LogP contribution < -0.4 is 10.2 Å². The van der Waals surface area contributed by atoms with Gasteiger partial charge >= 0.3 is 0 Å². The number of anilines is 2. The number of nitrogens with one attached hydrogen (secondary N) is 1. The Hall–Kier alpha value is -2.73. The number of halogens is 2. The smallest absolute Gasteiger partial charge is 0.266 e. The Morgan fingerprint density at radius 2 is 1.70 bits per heavy atom. The van der Waals surface area contributed by atoms with Crippen LogP contribution in [-0.4, -0.2) is 17.7 Å². The number of imide groups is 1. The number of hydrogen-bond donors (Lipinski definition) is 1. The highest BCUT2D eigenvalue weighted by molar-refractivity contribution is 6.36. The number of nitrogens with zero attached hydrogens (tertiary/aromatic N) is 1. The van der Waals surface area contributed by atoms with Gasteiger partial charge in [-0.05, 0) is 18.2 Å². The fourth-order valence-electron chi connectivity index (χ4n) is 2.41. The topological polar surface area (TPSA) is 66.5 Å². The zero-order valence-corrected chi connectivity index (χ0v) is 12.6. The van der Waals surface area contributed by atoms with Crippen molar-refractivity contribution < 1.29 is 18.8 Å². The summed E-state index contributed by atoms with van der Waals surface area (Å²) in [6.07, 6.45) is 0. The number of carbonyl (C=O) groups excluding carboxylic acids is 3. The third kappa shape index (κ3) is 2.47. The van der Waals surface area contributed by atoms with Crippen LogP contribution in [0.2, 0.25) is 5.02 Å². The van der Waals surface area contributed by atoms with Crippen molar-refractivity contribution in [2.45, 2.75) is 6.92 Å². The van der Waals surface area contributed by atoms with Gasteiger partial charge in [0.1, 0.15) is 5.82 Å². The van der Waals surface area contributed by atoms with Crippen molar-refractivity contribution in [1.82, 2.24) is 0 Å². The summed E-state index contributed by atoms with van der Waals surface area (Å²) in [5, 5.41) is 2.16. The molecule has 1 aliphatic rings. The molecule has 2 aromatic rings. The van der Waals surface area contributed by atoms with E-state index in [-0.39, 0.29) is 27.5 Å². The van der Waals surface area contributed by atoms with Crippen molar-refractivity contribution in [3.63, 3.8) is 0 Å². The third-order valence-corrected chi connectivity index (χ3v) is 3.68. The minimum Gasteiger partial charge on any atom is -0.323 e. The zero-order chi connectivity index (χ0) is 16.7. The summed E-state index contributed by atoms with van der Waals surface area (Å²) in [6, 6.07) is 8.58. The van der Waals surface area contributed by atoms with Gasteiger partial charge in [-0.3, -0.25) is 14.4 Å². The van der Waals surface area contributed by atoms with Crippen molar-refractivity contribution in [2.24, 2.45) is 0 Å². The van der Waals surface area contributed by atoms with E-state index in [0.29, 0.717) is 0 Å². The highest BCUT2D eigenvalue weighted by Gasteiger charge is 2.36. The van der Waals surface area contributed by atoms with Crippen LogP contribution in [0.1, 0.15) is 27.6 Å². The van der Waals surface area contributed by atoms with E-state index >= 15 is 0 Å². The molecule has 0 unspecified atom stereocenters. The van der Waals surface area contributed by atoms with E-state index in [1.807, 2.05) is 0 Å². The molecule has 2 aromatic carbocycles. The molecule has 116 valence electrons. The fourth-order valence-corrected chi connectivity index (χ4v) is 2.66. The average molecular weight is 333 g/mol. The zero-order valence-electron chi connectivity index (χ0n) is 11.9. The molecule has 5 nitrogen and oxygen atoms in total. The first-order chi connectivity index (χ1) is 10.9. The molecule has 0 atom stereocenters. The molecular formula is C16H10ClFN2O3. The fraction of sp³-hybridized carbons (Fsp3) is 0.0625. The van der Waals surface area contributed by atoms with E-state index in [1.54, 1.807) is 12.1 Å². The molecule has 0 aromatic heterocycles. The summed E-state index contributed by atoms with van der Waals surface area (Å²) in [6.45, 7) is 1.22. The normalized spacial score (nSPS) is 13.3. The molecule has 1 heterocycles. The molecule has 0 saturated carbocycles. The largest absolute Gasteiger partial charge is 0.323 e. The standard InChI is InChI=1S/C16H10ClFN2O3/c1-8(21)19-14-12(17)6-9(7-13(14)18)20-15(22)10-4-2-3-5-11(10)16(20)23/h2-7H,1H3,(H,19,21). The van der Waals surface area contributed by atoms with Crippen LogP contribution >= 0.6 is 11.6 Å². The molecule has 0 bridgehead atoms. The molecule has 0 spiro atoms. The average Bonchev–Trinajstić information content (AvgIpc) is 2.75. The van der Waals surface area contributed by atoms with Crippen LogP contribution in [0.5, 0.6) is 0 Å². The highest BCUT2D eigenvalue weighted by Crippen LogP contribution is 2.34. The maximum Gasteiger partial charge on any atom is 0.266 e. The van der Waals surface area contributed by atoms with Crippen molar-refractivity contribution in [2.75, 3.05) is 10.2 Å². The van der Waals surface area contributed by atoms with Crippen molar-refractivity contribution in [3.05, 3.63) is 58.4 Å². The summed E-state index contributed by atoms with van der Waals surface area (Å²) in [5.41, 5.74) is 0.312. The van der Waals surface area contributed by atoms with Gasteiger partial charge in [-0.1, -0.05) is 23.7 Å². The van der Waals surface area contributed by atoms with Gasteiger partial charge in [0.25, 0.3) is 11.8 Å². The molecule has 0 radical (unpaired) electrons. The van der Waals surface area contributed by atoms with E-state index in [0.717, 1.165) is 11.0 Å². The Kier molecular flexibility index (Phi) is 3.61. The second-order valence-corrected chi connectivity index (χ2v) is 5.36. The van der Waals surface area contributed by atoms with E-state index in [1.165, 1.54) is 25.1 Å². The number of fused-ring (bicyclic) bond motifs is 1. The predicted octanol–water partition coefficient (Wildman–Crippen LogP) is 3.24. The van der Waals surface area contributed by atoms with Crippen LogP contribution in [0, 0.1) is 5.82 Å². The molecule has 0 fully saturated rings. The first-order valence-corrected chi connectivity index (χ1v) is 7.02. The number of amides is 3. The summed E-state index contributed by atoms with van der Waals surface area (Å²) in [7, 11) is 0. The van der Waals surface area contributed by atoms with Gasteiger partial charge in [0.15, 0.2) is 0 Å². The lowest BCUT2D eigenvalue weighted by Gasteiger charge is -2.16. The van der Waals surface area contributed by atoms with Crippen LogP contribution in [-0.2, 0) is 4.79 Å². The first-order valence-electron chi connectivity index (χ1n) is 6.64. The van der Waals surface area contributed by atoms with Gasteiger partial charge in [0.2, 0.25) is 5.91 Å². The Morgan fingerprint density at radius 1 is 1.13 bits per heavy atom. The molecule has 23 heavy (non-hydrogen) atoms. The Bertz CT molecular complexity index is 808. The molecule has 1 N–H and O–H groups in total. The van der Waals surface area contributed by atoms with Crippen molar-refractivity contribution >= 4 is 40.7 Å². The summed E-state index contributed by atoms with van der Waals surface area (Å²) >= 11 is 5.96. The molecular weight excluding hydrogens is 323 g/mol. The maximum absolute atomic E-state index is 14.2. The minimum absolute atomic E-state index is 0.00722. The second-order valence-electron chi connectivity index (χ2n) is 4.96. The molecule has 3 rings (SSSR count). The number of benzene rings is 2. The summed E-state index contributed by atoms with van der Waals surface area (Å²) in [5.74, 6) is -2.42. The van der Waals surface area contributed by atoms with Crippen LogP contribution in [0.4, 0.5) is 15.8 Å². The van der Waals surface area contributed by atoms with Gasteiger partial charge in [-0.2, -0.15) is 0 Å². The number of carbonyl (C=O) groups is 3. The third-order valence-electron chi connectivity index (χ3n) is 3.38. The van der Waals surface area contributed by atoms with E-state index in [2.05, 4.69) is 5.32 Å². The molecule has 0 aliphatic carbocycles. The number of rotatable bonds is 2. The summed E-state index contributed by atoms with van der Waals surface area (Å²) < 4.78 is 14.2. The van der Waals surface area contributed by atoms with Crippen LogP contribution in [0.25, 0.3) is 0 Å². The quantitative estimate of drug-likeness (QED) is 0.858. The van der Waals surface area contributed by atoms with E-state index < -0.39 is 23.5 Å². The second kappa shape index (κ2) is 5.48. The van der Waals surface area contributed by atoms with Gasteiger partial charge in [-0.25, -0.2) is 9.29 Å². The minimum atomic E-state index is -0.834. The van der Waals surface area contributed by atoms with Crippen LogP contribution in [0.3, 0.4) is 0 Å². The van der Waals surface area contributed by atoms with Crippen LogP contribution in [0.15, 0.2) is 36.4 Å². The Balaban J connectivity index is 2.06. The molecule has 1 aliphatic heterocycles. The lowest BCUT2D eigenvalue weighted by molar-refractivity contribution is -0.114. The number of hydrogen-bond acceptors (Lipinski definition) is 3. The Labute approximate surface area is 135 Å². The highest BCUT2D eigenvalue weighted by atomic mass is 35.5. The van der Waals surface area contributed by atoms with Crippen molar-refractivity contribution in [1.29, 1.82) is 0 Å². The summed E-state index contributed by atoms with van der Waals surface area (Å²) in [4.78, 5) is 36.6. The predicted molar refractivity (Wildman–Crippen MR) is 83.3 cm³/mol. The molecule has 0 saturated heterocycles. The van der Waals surface area contributed by atoms with Crippen molar-refractivity contribution in [3.8, 4) is 0 Å². The van der Waals surface area contributed by atoms with Gasteiger partial charge < -0.3 is 5.32 Å². The van der Waals surface area contributed by atoms with Gasteiger partial charge in [0.05, 0.1) is 27.5 Å². The van der Waals surface area contributed by atoms with E-state index in [9.17, 15) is 18.8 Å². The lowest BCUT2D eigenvalue weighted by atomic mass is 10.1. The molecule has 7 heteroatoms. The SMILES string of the molecule is CC(=O)Nc1c(F)cc(N2C(=O)c3ccccc3C2=O)cc1Cl. The van der Waals surface area contributed by atoms with Gasteiger partial charge in [0, 0.05) is 13.0 Å². The monoisotopic (exact) mass is 332 g/mol.